The van der Waals surface area contributed by atoms with Crippen LogP contribution in [-0.2, 0) is 14.3 Å². The molecule has 0 unspecified atom stereocenters. The Morgan fingerprint density at radius 1 is 1.21 bits per heavy atom. The van der Waals surface area contributed by atoms with Gasteiger partial charge in [-0.25, -0.2) is 0 Å². The third-order valence-corrected chi connectivity index (χ3v) is 4.46. The van der Waals surface area contributed by atoms with E-state index in [0.29, 0.717) is 6.54 Å². The predicted octanol–water partition coefficient (Wildman–Crippen LogP) is 0.152. The number of ether oxygens (including phenoxy) is 1. The van der Waals surface area contributed by atoms with Gasteiger partial charge in [-0.05, 0) is 12.1 Å². The van der Waals surface area contributed by atoms with Gasteiger partial charge in [0.1, 0.15) is 6.04 Å². The fourth-order valence-corrected chi connectivity index (χ4v) is 3.11. The van der Waals surface area contributed by atoms with E-state index in [1.165, 1.54) is 30.2 Å². The van der Waals surface area contributed by atoms with Gasteiger partial charge >= 0.3 is 5.97 Å². The van der Waals surface area contributed by atoms with Crippen molar-refractivity contribution in [2.45, 2.75) is 25.8 Å². The maximum absolute atomic E-state index is 11.8. The highest BCUT2D eigenvalue weighted by Crippen LogP contribution is 2.17. The van der Waals surface area contributed by atoms with Gasteiger partial charge in [0.2, 0.25) is 0 Å². The van der Waals surface area contributed by atoms with Crippen molar-refractivity contribution in [1.29, 1.82) is 0 Å². The number of hydrogen-bond donors (Lipinski definition) is 2. The Morgan fingerprint density at radius 3 is 2.38 bits per heavy atom. The molecule has 6 nitrogen and oxygen atoms in total. The Bertz CT molecular complexity index is 551. The summed E-state index contributed by atoms with van der Waals surface area (Å²) in [4.78, 5) is 26.2. The Labute approximate surface area is 143 Å². The molecular formula is C18H28N3O3+. The smallest absolute Gasteiger partial charge is 0.303 e. The van der Waals surface area contributed by atoms with Gasteiger partial charge in [-0.2, -0.15) is 0 Å². The average molecular weight is 334 g/mol. The SMILES string of the molecule is CC(=O)OCC(=O)NC[C@@H](c1ccc(N(C)C)cc1)[NH+]1CCCC1. The van der Waals surface area contributed by atoms with E-state index >= 15 is 0 Å². The zero-order chi connectivity index (χ0) is 17.5. The van der Waals surface area contributed by atoms with Crippen LogP contribution in [0.25, 0.3) is 0 Å². The summed E-state index contributed by atoms with van der Waals surface area (Å²) in [5.41, 5.74) is 2.39. The molecule has 1 saturated heterocycles. The average Bonchev–Trinajstić information content (AvgIpc) is 3.08. The monoisotopic (exact) mass is 334 g/mol. The van der Waals surface area contributed by atoms with Crippen molar-refractivity contribution in [2.24, 2.45) is 0 Å². The largest absolute Gasteiger partial charge is 0.456 e. The van der Waals surface area contributed by atoms with Crippen LogP contribution in [0, 0.1) is 0 Å². The van der Waals surface area contributed by atoms with Gasteiger partial charge in [0, 0.05) is 45.1 Å². The fraction of sp³-hybridized carbons (Fsp3) is 0.556. The summed E-state index contributed by atoms with van der Waals surface area (Å²) in [5.74, 6) is -0.690. The van der Waals surface area contributed by atoms with Crippen LogP contribution in [-0.4, -0.2) is 52.2 Å². The van der Waals surface area contributed by atoms with Crippen LogP contribution in [0.15, 0.2) is 24.3 Å². The first-order chi connectivity index (χ1) is 11.5. The number of anilines is 1. The van der Waals surface area contributed by atoms with Crippen LogP contribution < -0.4 is 15.1 Å². The second-order valence-electron chi connectivity index (χ2n) is 6.49. The van der Waals surface area contributed by atoms with E-state index in [1.54, 1.807) is 0 Å². The maximum atomic E-state index is 11.8. The predicted molar refractivity (Wildman–Crippen MR) is 93.1 cm³/mol. The number of amides is 1. The Kier molecular flexibility index (Phi) is 6.61. The minimum Gasteiger partial charge on any atom is -0.456 e. The molecule has 1 heterocycles. The first-order valence-electron chi connectivity index (χ1n) is 8.49. The van der Waals surface area contributed by atoms with Gasteiger partial charge in [-0.1, -0.05) is 12.1 Å². The van der Waals surface area contributed by atoms with Crippen molar-refractivity contribution < 1.29 is 19.2 Å². The summed E-state index contributed by atoms with van der Waals surface area (Å²) in [6.45, 7) is 3.89. The summed E-state index contributed by atoms with van der Waals surface area (Å²) >= 11 is 0. The molecule has 0 saturated carbocycles. The van der Waals surface area contributed by atoms with Gasteiger partial charge in [0.25, 0.3) is 5.91 Å². The lowest BCUT2D eigenvalue weighted by atomic mass is 10.0. The molecule has 24 heavy (non-hydrogen) atoms. The molecule has 132 valence electrons. The van der Waals surface area contributed by atoms with Crippen molar-refractivity contribution >= 4 is 17.6 Å². The van der Waals surface area contributed by atoms with Crippen molar-refractivity contribution in [3.05, 3.63) is 29.8 Å². The number of benzene rings is 1. The van der Waals surface area contributed by atoms with Gasteiger partial charge in [-0.3, -0.25) is 9.59 Å². The molecule has 1 atom stereocenters. The van der Waals surface area contributed by atoms with E-state index in [2.05, 4.69) is 34.5 Å². The van der Waals surface area contributed by atoms with Crippen molar-refractivity contribution in [3.63, 3.8) is 0 Å². The molecule has 2 N–H and O–H groups in total. The van der Waals surface area contributed by atoms with Crippen molar-refractivity contribution in [3.8, 4) is 0 Å². The fourth-order valence-electron chi connectivity index (χ4n) is 3.11. The number of quaternary nitrogens is 1. The van der Waals surface area contributed by atoms with Crippen LogP contribution in [0.3, 0.4) is 0 Å². The van der Waals surface area contributed by atoms with Crippen LogP contribution in [0.1, 0.15) is 31.4 Å². The number of nitrogens with zero attached hydrogens (tertiary/aromatic N) is 1. The molecule has 0 aromatic heterocycles. The Morgan fingerprint density at radius 2 is 1.83 bits per heavy atom. The van der Waals surface area contributed by atoms with Crippen molar-refractivity contribution in [2.75, 3.05) is 45.2 Å². The van der Waals surface area contributed by atoms with Gasteiger partial charge in [0.15, 0.2) is 6.61 Å². The lowest BCUT2D eigenvalue weighted by molar-refractivity contribution is -0.918. The first kappa shape index (κ1) is 18.3. The summed E-state index contributed by atoms with van der Waals surface area (Å²) < 4.78 is 4.75. The van der Waals surface area contributed by atoms with E-state index in [0.717, 1.165) is 18.8 Å². The van der Waals surface area contributed by atoms with Crippen LogP contribution in [0.4, 0.5) is 5.69 Å². The summed E-state index contributed by atoms with van der Waals surface area (Å²) in [5, 5.41) is 2.90. The summed E-state index contributed by atoms with van der Waals surface area (Å²) in [7, 11) is 4.04. The number of likely N-dealkylation sites (tertiary alicyclic amines) is 1. The number of rotatable bonds is 7. The maximum Gasteiger partial charge on any atom is 0.303 e. The molecule has 0 radical (unpaired) electrons. The highest BCUT2D eigenvalue weighted by molar-refractivity contribution is 5.79. The zero-order valence-electron chi connectivity index (χ0n) is 14.8. The number of carbonyl (C=O) groups is 2. The molecule has 6 heteroatoms. The standard InChI is InChI=1S/C18H27N3O3/c1-14(22)24-13-18(23)19-12-17(21-10-4-5-11-21)15-6-8-16(9-7-15)20(2)3/h6-9,17H,4-5,10-13H2,1-3H3,(H,19,23)/p+1/t17-/m0/s1. The molecule has 1 amide bonds. The number of hydrogen-bond acceptors (Lipinski definition) is 4. The molecule has 1 fully saturated rings. The molecule has 1 aromatic carbocycles. The number of carbonyl (C=O) groups excluding carboxylic acids is 2. The molecule has 1 aliphatic heterocycles. The van der Waals surface area contributed by atoms with E-state index in [9.17, 15) is 9.59 Å². The lowest BCUT2D eigenvalue weighted by Crippen LogP contribution is -3.11. The van der Waals surface area contributed by atoms with Crippen LogP contribution in [0.5, 0.6) is 0 Å². The third-order valence-electron chi connectivity index (χ3n) is 4.46. The van der Waals surface area contributed by atoms with Gasteiger partial charge in [0.05, 0.1) is 19.6 Å². The van der Waals surface area contributed by atoms with E-state index in [4.69, 9.17) is 4.74 Å². The van der Waals surface area contributed by atoms with Gasteiger partial charge < -0.3 is 19.9 Å². The Hall–Kier alpha value is -2.08. The Balaban J connectivity index is 2.02. The highest BCUT2D eigenvalue weighted by atomic mass is 16.5. The quantitative estimate of drug-likeness (QED) is 0.697. The normalized spacial score (nSPS) is 15.8. The van der Waals surface area contributed by atoms with E-state index in [-0.39, 0.29) is 18.6 Å². The second-order valence-corrected chi connectivity index (χ2v) is 6.49. The zero-order valence-corrected chi connectivity index (χ0v) is 14.8. The van der Waals surface area contributed by atoms with Gasteiger partial charge in [-0.15, -0.1) is 0 Å². The molecule has 0 aliphatic carbocycles. The molecule has 0 spiro atoms. The van der Waals surface area contributed by atoms with E-state index in [1.807, 2.05) is 14.1 Å². The van der Waals surface area contributed by atoms with Crippen LogP contribution in [0.2, 0.25) is 0 Å². The molecule has 2 rings (SSSR count). The summed E-state index contributed by atoms with van der Waals surface area (Å²) in [6, 6.07) is 8.73. The lowest BCUT2D eigenvalue weighted by Gasteiger charge is -2.26. The number of esters is 1. The molecule has 1 aromatic rings. The van der Waals surface area contributed by atoms with Crippen molar-refractivity contribution in [1.82, 2.24) is 5.32 Å². The summed E-state index contributed by atoms with van der Waals surface area (Å²) in [6.07, 6.45) is 2.45. The first-order valence-corrected chi connectivity index (χ1v) is 8.49. The molecule has 0 bridgehead atoms. The molecule has 1 aliphatic rings. The number of nitrogens with one attached hydrogen (secondary N) is 2. The third kappa shape index (κ3) is 5.23. The van der Waals surface area contributed by atoms with Crippen LogP contribution >= 0.6 is 0 Å². The van der Waals surface area contributed by atoms with E-state index < -0.39 is 5.97 Å². The minimum atomic E-state index is -0.439. The topological polar surface area (TPSA) is 63.1 Å². The second kappa shape index (κ2) is 8.68. The highest BCUT2D eigenvalue weighted by Gasteiger charge is 2.27. The minimum absolute atomic E-state index is 0.211. The molecular weight excluding hydrogens is 306 g/mol.